The number of aromatic amines is 1. The summed E-state index contributed by atoms with van der Waals surface area (Å²) in [4.78, 5) is 17.3. The molecule has 0 spiro atoms. The third-order valence-corrected chi connectivity index (χ3v) is 5.09. The van der Waals surface area contributed by atoms with Crippen LogP contribution in [0.15, 0.2) is 73.1 Å². The molecule has 158 valence electrons. The maximum Gasteiger partial charge on any atom is 0.226 e. The van der Waals surface area contributed by atoms with Crippen molar-refractivity contribution in [3.63, 3.8) is 0 Å². The van der Waals surface area contributed by atoms with Gasteiger partial charge in [-0.25, -0.2) is 4.98 Å². The van der Waals surface area contributed by atoms with Crippen molar-refractivity contribution in [2.45, 2.75) is 19.1 Å². The molecule has 0 saturated carbocycles. The van der Waals surface area contributed by atoms with Gasteiger partial charge in [-0.1, -0.05) is 35.9 Å². The molecule has 0 bridgehead atoms. The lowest BCUT2D eigenvalue weighted by atomic mass is 10.0. The number of amides is 1. The largest absolute Gasteiger partial charge is 0.377 e. The molecule has 0 aliphatic rings. The highest BCUT2D eigenvalue weighted by Gasteiger charge is 2.18. The first kappa shape index (κ1) is 20.8. The molecule has 7 nitrogen and oxygen atoms in total. The van der Waals surface area contributed by atoms with Crippen molar-refractivity contribution in [1.29, 1.82) is 0 Å². The van der Waals surface area contributed by atoms with Gasteiger partial charge in [0.25, 0.3) is 0 Å². The molecule has 2 N–H and O–H groups in total. The Labute approximate surface area is 185 Å². The lowest BCUT2D eigenvalue weighted by Crippen LogP contribution is -2.19. The summed E-state index contributed by atoms with van der Waals surface area (Å²) < 4.78 is 7.08. The number of halogens is 1. The zero-order chi connectivity index (χ0) is 21.6. The van der Waals surface area contributed by atoms with Crippen molar-refractivity contribution < 1.29 is 9.53 Å². The van der Waals surface area contributed by atoms with E-state index < -0.39 is 0 Å². The van der Waals surface area contributed by atoms with Crippen LogP contribution in [-0.4, -0.2) is 32.8 Å². The summed E-state index contributed by atoms with van der Waals surface area (Å²) in [5.41, 5.74) is 2.50. The molecule has 4 rings (SSSR count). The number of nitrogens with zero attached hydrogens (tertiary/aromatic N) is 3. The van der Waals surface area contributed by atoms with Crippen LogP contribution >= 0.6 is 11.6 Å². The van der Waals surface area contributed by atoms with Crippen LogP contribution in [0.25, 0.3) is 11.4 Å². The van der Waals surface area contributed by atoms with Crippen molar-refractivity contribution in [3.05, 3.63) is 89.5 Å². The number of aromatic nitrogens is 4. The number of methoxy groups -OCH3 is 1. The Morgan fingerprint density at radius 1 is 1.16 bits per heavy atom. The molecule has 1 atom stereocenters. The fourth-order valence-electron chi connectivity index (χ4n) is 3.39. The number of hydrogen-bond acceptors (Lipinski definition) is 4. The zero-order valence-corrected chi connectivity index (χ0v) is 17.7. The summed E-state index contributed by atoms with van der Waals surface area (Å²) in [7, 11) is 1.60. The first-order chi connectivity index (χ1) is 15.1. The lowest BCUT2D eigenvalue weighted by molar-refractivity contribution is -0.116. The fraction of sp³-hybridized carbons (Fsp3) is 0.174. The Morgan fingerprint density at radius 3 is 2.68 bits per heavy atom. The minimum atomic E-state index is -0.139. The standard InChI is InChI=1S/C23H22ClN5O2/c1-31-15-21-26-23(28-27-21)17-5-4-6-19(13-17)25-22(30)14-20(29-11-2-3-12-29)16-7-9-18(24)10-8-16/h2-13,20H,14-15H2,1H3,(H,25,30)(H,26,27,28). The van der Waals surface area contributed by atoms with Gasteiger partial charge in [-0.3, -0.25) is 9.89 Å². The van der Waals surface area contributed by atoms with Crippen LogP contribution < -0.4 is 5.32 Å². The van der Waals surface area contributed by atoms with E-state index in [1.807, 2.05) is 77.6 Å². The van der Waals surface area contributed by atoms with Gasteiger partial charge in [-0.15, -0.1) is 0 Å². The smallest absolute Gasteiger partial charge is 0.226 e. The molecular formula is C23H22ClN5O2. The second kappa shape index (κ2) is 9.59. The molecule has 0 aliphatic carbocycles. The summed E-state index contributed by atoms with van der Waals surface area (Å²) in [6.07, 6.45) is 4.18. The minimum absolute atomic E-state index is 0.0964. The molecule has 2 heterocycles. The van der Waals surface area contributed by atoms with Gasteiger partial charge in [0, 0.05) is 35.8 Å². The van der Waals surface area contributed by atoms with Crippen LogP contribution in [0.2, 0.25) is 5.02 Å². The molecule has 0 aliphatic heterocycles. The van der Waals surface area contributed by atoms with E-state index in [1.54, 1.807) is 7.11 Å². The first-order valence-electron chi connectivity index (χ1n) is 9.81. The Morgan fingerprint density at radius 2 is 1.94 bits per heavy atom. The van der Waals surface area contributed by atoms with Crippen molar-refractivity contribution in [2.24, 2.45) is 0 Å². The van der Waals surface area contributed by atoms with Crippen molar-refractivity contribution in [3.8, 4) is 11.4 Å². The fourth-order valence-corrected chi connectivity index (χ4v) is 3.51. The number of carbonyl (C=O) groups is 1. The van der Waals surface area contributed by atoms with E-state index in [2.05, 4.69) is 20.5 Å². The van der Waals surface area contributed by atoms with Crippen molar-refractivity contribution in [2.75, 3.05) is 12.4 Å². The summed E-state index contributed by atoms with van der Waals surface area (Å²) in [6.45, 7) is 0.356. The molecule has 2 aromatic heterocycles. The van der Waals surface area contributed by atoms with E-state index in [1.165, 1.54) is 0 Å². The van der Waals surface area contributed by atoms with Gasteiger partial charge in [-0.2, -0.15) is 5.10 Å². The van der Waals surface area contributed by atoms with Gasteiger partial charge in [0.2, 0.25) is 5.91 Å². The van der Waals surface area contributed by atoms with E-state index in [0.29, 0.717) is 29.0 Å². The van der Waals surface area contributed by atoms with Gasteiger partial charge >= 0.3 is 0 Å². The molecule has 1 amide bonds. The molecule has 31 heavy (non-hydrogen) atoms. The average Bonchev–Trinajstić information content (AvgIpc) is 3.46. The first-order valence-corrected chi connectivity index (χ1v) is 10.2. The highest BCUT2D eigenvalue weighted by molar-refractivity contribution is 6.30. The molecule has 1 unspecified atom stereocenters. The van der Waals surface area contributed by atoms with Crippen molar-refractivity contribution >= 4 is 23.2 Å². The number of carbonyl (C=O) groups excluding carboxylic acids is 1. The van der Waals surface area contributed by atoms with Gasteiger partial charge in [0.1, 0.15) is 6.61 Å². The van der Waals surface area contributed by atoms with Gasteiger partial charge in [0.05, 0.1) is 12.5 Å². The molecular weight excluding hydrogens is 414 g/mol. The number of hydrogen-bond donors (Lipinski definition) is 2. The van der Waals surface area contributed by atoms with Gasteiger partial charge < -0.3 is 14.6 Å². The topological polar surface area (TPSA) is 84.8 Å². The van der Waals surface area contributed by atoms with Crippen LogP contribution in [0.3, 0.4) is 0 Å². The van der Waals surface area contributed by atoms with Crippen LogP contribution in [0, 0.1) is 0 Å². The van der Waals surface area contributed by atoms with E-state index in [-0.39, 0.29) is 18.4 Å². The molecule has 0 saturated heterocycles. The number of benzene rings is 2. The molecule has 4 aromatic rings. The number of rotatable bonds is 8. The van der Waals surface area contributed by atoms with Gasteiger partial charge in [-0.05, 0) is 42.0 Å². The Hall–Kier alpha value is -3.42. The Kier molecular flexibility index (Phi) is 6.45. The highest BCUT2D eigenvalue weighted by Crippen LogP contribution is 2.25. The third kappa shape index (κ3) is 5.20. The maximum atomic E-state index is 12.9. The molecule has 0 radical (unpaired) electrons. The second-order valence-corrected chi connectivity index (χ2v) is 7.51. The summed E-state index contributed by atoms with van der Waals surface area (Å²) >= 11 is 6.03. The number of anilines is 1. The van der Waals surface area contributed by atoms with E-state index in [9.17, 15) is 4.79 Å². The molecule has 0 fully saturated rings. The summed E-state index contributed by atoms with van der Waals surface area (Å²) in [5.74, 6) is 1.10. The SMILES string of the molecule is COCc1nc(-c2cccc(NC(=O)CC(c3ccc(Cl)cc3)n3cccc3)c2)n[nH]1. The van der Waals surface area contributed by atoms with Crippen molar-refractivity contribution in [1.82, 2.24) is 19.7 Å². The number of nitrogens with one attached hydrogen (secondary N) is 2. The Bertz CT molecular complexity index is 1140. The average molecular weight is 436 g/mol. The Balaban J connectivity index is 1.49. The lowest BCUT2D eigenvalue weighted by Gasteiger charge is -2.19. The summed E-state index contributed by atoms with van der Waals surface area (Å²) in [5, 5.41) is 10.7. The van der Waals surface area contributed by atoms with Gasteiger partial charge in [0.15, 0.2) is 11.6 Å². The van der Waals surface area contributed by atoms with Crippen LogP contribution in [0.1, 0.15) is 23.9 Å². The second-order valence-electron chi connectivity index (χ2n) is 7.07. The van der Waals surface area contributed by atoms with Crippen LogP contribution in [-0.2, 0) is 16.1 Å². The van der Waals surface area contributed by atoms with E-state index >= 15 is 0 Å². The predicted octanol–water partition coefficient (Wildman–Crippen LogP) is 4.69. The van der Waals surface area contributed by atoms with Crippen LogP contribution in [0.5, 0.6) is 0 Å². The number of ether oxygens (including phenoxy) is 1. The zero-order valence-electron chi connectivity index (χ0n) is 17.0. The molecule has 8 heteroatoms. The quantitative estimate of drug-likeness (QED) is 0.420. The van der Waals surface area contributed by atoms with Crippen LogP contribution in [0.4, 0.5) is 5.69 Å². The predicted molar refractivity (Wildman–Crippen MR) is 120 cm³/mol. The minimum Gasteiger partial charge on any atom is -0.377 e. The maximum absolute atomic E-state index is 12.9. The monoisotopic (exact) mass is 435 g/mol. The van der Waals surface area contributed by atoms with E-state index in [0.717, 1.165) is 11.1 Å². The highest BCUT2D eigenvalue weighted by atomic mass is 35.5. The normalized spacial score (nSPS) is 11.9. The summed E-state index contributed by atoms with van der Waals surface area (Å²) in [6, 6.07) is 18.8. The number of H-pyrrole nitrogens is 1. The molecule has 2 aromatic carbocycles. The van der Waals surface area contributed by atoms with E-state index in [4.69, 9.17) is 16.3 Å². The third-order valence-electron chi connectivity index (χ3n) is 4.84.